The van der Waals surface area contributed by atoms with E-state index >= 15 is 0 Å². The van der Waals surface area contributed by atoms with Gasteiger partial charge in [-0.3, -0.25) is 23.9 Å². The predicted octanol–water partition coefficient (Wildman–Crippen LogP) is 3.73. The molecule has 8 heteroatoms. The van der Waals surface area contributed by atoms with Crippen LogP contribution in [0.3, 0.4) is 0 Å². The molecule has 0 aliphatic heterocycles. The Kier molecular flexibility index (Phi) is 6.72. The van der Waals surface area contributed by atoms with Gasteiger partial charge in [0.2, 0.25) is 17.6 Å². The number of methoxy groups -OCH3 is 1. The monoisotopic (exact) mass is 448 g/mol. The van der Waals surface area contributed by atoms with Crippen LogP contribution in [0.5, 0.6) is 5.75 Å². The number of hydrogen-bond acceptors (Lipinski definition) is 5. The third-order valence-electron chi connectivity index (χ3n) is 6.00. The maximum absolute atomic E-state index is 13.6. The molecule has 33 heavy (non-hydrogen) atoms. The van der Waals surface area contributed by atoms with Crippen LogP contribution in [0, 0.1) is 0 Å². The number of rotatable bonds is 6. The normalized spacial score (nSPS) is 14.1. The Balaban J connectivity index is 1.72. The lowest BCUT2D eigenvalue weighted by molar-refractivity contribution is -0.117. The van der Waals surface area contributed by atoms with Crippen molar-refractivity contribution in [1.29, 1.82) is 0 Å². The summed E-state index contributed by atoms with van der Waals surface area (Å²) in [7, 11) is 1.55. The minimum Gasteiger partial charge on any atom is -0.497 e. The molecule has 1 N–H and O–H groups in total. The van der Waals surface area contributed by atoms with Crippen LogP contribution in [0.1, 0.15) is 39.0 Å². The molecule has 1 heterocycles. The van der Waals surface area contributed by atoms with Crippen LogP contribution in [0.15, 0.2) is 53.3 Å². The zero-order valence-corrected chi connectivity index (χ0v) is 18.9. The zero-order chi connectivity index (χ0) is 23.4. The van der Waals surface area contributed by atoms with Crippen molar-refractivity contribution in [2.75, 3.05) is 17.3 Å². The molecule has 8 nitrogen and oxygen atoms in total. The molecular weight excluding hydrogens is 420 g/mol. The first-order valence-corrected chi connectivity index (χ1v) is 11.2. The highest BCUT2D eigenvalue weighted by Crippen LogP contribution is 2.26. The summed E-state index contributed by atoms with van der Waals surface area (Å²) in [4.78, 5) is 45.2. The van der Waals surface area contributed by atoms with Crippen LogP contribution < -0.4 is 20.5 Å². The van der Waals surface area contributed by atoms with Gasteiger partial charge in [-0.1, -0.05) is 37.5 Å². The number of nitrogens with zero attached hydrogens (tertiary/aromatic N) is 3. The van der Waals surface area contributed by atoms with E-state index in [1.54, 1.807) is 49.6 Å². The lowest BCUT2D eigenvalue weighted by atomic mass is 9.94. The fourth-order valence-corrected chi connectivity index (χ4v) is 4.46. The fourth-order valence-electron chi connectivity index (χ4n) is 4.46. The Bertz CT molecular complexity index is 1230. The number of para-hydroxylation sites is 2. The van der Waals surface area contributed by atoms with Gasteiger partial charge >= 0.3 is 0 Å². The number of amides is 2. The summed E-state index contributed by atoms with van der Waals surface area (Å²) >= 11 is 0. The number of aromatic nitrogens is 2. The van der Waals surface area contributed by atoms with Crippen molar-refractivity contribution in [3.05, 3.63) is 58.9 Å². The summed E-state index contributed by atoms with van der Waals surface area (Å²) in [5.74, 6) is 0.127. The van der Waals surface area contributed by atoms with E-state index in [2.05, 4.69) is 10.3 Å². The van der Waals surface area contributed by atoms with Gasteiger partial charge in [-0.05, 0) is 37.1 Å². The highest BCUT2D eigenvalue weighted by atomic mass is 16.5. The number of anilines is 2. The van der Waals surface area contributed by atoms with Crippen molar-refractivity contribution >= 4 is 34.4 Å². The van der Waals surface area contributed by atoms with E-state index in [-0.39, 0.29) is 30.2 Å². The van der Waals surface area contributed by atoms with E-state index in [4.69, 9.17) is 4.74 Å². The standard InChI is InChI=1S/C25H28N4O4/c1-17(30)29(19-10-4-3-5-11-19)24-25(32)28(22-14-7-6-13-21(22)27-24)16-23(31)26-18-9-8-12-20(15-18)33-2/h6-9,12-15,19H,3-5,10-11,16H2,1-2H3,(H,26,31). The van der Waals surface area contributed by atoms with Crippen LogP contribution in [-0.2, 0) is 16.1 Å². The van der Waals surface area contributed by atoms with Gasteiger partial charge in [-0.25, -0.2) is 4.98 Å². The highest BCUT2D eigenvalue weighted by Gasteiger charge is 2.29. The van der Waals surface area contributed by atoms with Crippen molar-refractivity contribution in [1.82, 2.24) is 9.55 Å². The van der Waals surface area contributed by atoms with Crippen LogP contribution in [0.4, 0.5) is 11.5 Å². The summed E-state index contributed by atoms with van der Waals surface area (Å²) < 4.78 is 6.60. The van der Waals surface area contributed by atoms with Gasteiger partial charge in [0.1, 0.15) is 12.3 Å². The third kappa shape index (κ3) is 4.89. The van der Waals surface area contributed by atoms with Gasteiger partial charge in [0.25, 0.3) is 5.56 Å². The summed E-state index contributed by atoms with van der Waals surface area (Å²) in [5.41, 5.74) is 1.22. The topological polar surface area (TPSA) is 93.5 Å². The fraction of sp³-hybridized carbons (Fsp3) is 0.360. The molecule has 1 aliphatic rings. The van der Waals surface area contributed by atoms with Gasteiger partial charge < -0.3 is 10.1 Å². The van der Waals surface area contributed by atoms with Gasteiger partial charge in [-0.15, -0.1) is 0 Å². The highest BCUT2D eigenvalue weighted by molar-refractivity contribution is 5.94. The minimum absolute atomic E-state index is 0.0586. The van der Waals surface area contributed by atoms with Crippen molar-refractivity contribution in [2.45, 2.75) is 51.6 Å². The molecule has 0 unspecified atom stereocenters. The molecule has 2 aromatic carbocycles. The predicted molar refractivity (Wildman–Crippen MR) is 128 cm³/mol. The smallest absolute Gasteiger partial charge is 0.294 e. The SMILES string of the molecule is COc1cccc(NC(=O)Cn2c(=O)c(N(C(C)=O)C3CCCCC3)nc3ccccc32)c1. The average molecular weight is 449 g/mol. The Morgan fingerprint density at radius 1 is 1.12 bits per heavy atom. The molecule has 1 aliphatic carbocycles. The van der Waals surface area contributed by atoms with Gasteiger partial charge in [-0.2, -0.15) is 0 Å². The molecular formula is C25H28N4O4. The summed E-state index contributed by atoms with van der Waals surface area (Å²) in [6.45, 7) is 1.26. The molecule has 2 amide bonds. The minimum atomic E-state index is -0.449. The molecule has 3 aromatic rings. The zero-order valence-electron chi connectivity index (χ0n) is 18.9. The number of benzene rings is 2. The number of nitrogens with one attached hydrogen (secondary N) is 1. The molecule has 1 aromatic heterocycles. The molecule has 1 fully saturated rings. The quantitative estimate of drug-likeness (QED) is 0.620. The van der Waals surface area contributed by atoms with Crippen LogP contribution in [0.25, 0.3) is 11.0 Å². The number of ether oxygens (including phenoxy) is 1. The second kappa shape index (κ2) is 9.85. The Hall–Kier alpha value is -3.68. The Morgan fingerprint density at radius 3 is 2.61 bits per heavy atom. The lowest BCUT2D eigenvalue weighted by Crippen LogP contribution is -2.45. The molecule has 0 spiro atoms. The first kappa shape index (κ1) is 22.5. The first-order chi connectivity index (χ1) is 16.0. The molecule has 4 rings (SSSR count). The number of carbonyl (C=O) groups is 2. The van der Waals surface area contributed by atoms with Gasteiger partial charge in [0.05, 0.1) is 18.1 Å². The molecule has 0 bridgehead atoms. The van der Waals surface area contributed by atoms with E-state index in [1.807, 2.05) is 6.07 Å². The molecule has 172 valence electrons. The summed E-state index contributed by atoms with van der Waals surface area (Å²) in [6, 6.07) is 14.1. The lowest BCUT2D eigenvalue weighted by Gasteiger charge is -2.32. The van der Waals surface area contributed by atoms with Crippen LogP contribution >= 0.6 is 0 Å². The Morgan fingerprint density at radius 2 is 1.88 bits per heavy atom. The molecule has 0 saturated heterocycles. The second-order valence-electron chi connectivity index (χ2n) is 8.28. The number of hydrogen-bond donors (Lipinski definition) is 1. The maximum atomic E-state index is 13.6. The van der Waals surface area contributed by atoms with Crippen molar-refractivity contribution in [3.63, 3.8) is 0 Å². The first-order valence-electron chi connectivity index (χ1n) is 11.2. The average Bonchev–Trinajstić information content (AvgIpc) is 2.82. The van der Waals surface area contributed by atoms with Gasteiger partial charge in [0.15, 0.2) is 0 Å². The molecule has 0 radical (unpaired) electrons. The third-order valence-corrected chi connectivity index (χ3v) is 6.00. The van der Waals surface area contributed by atoms with Crippen LogP contribution in [-0.4, -0.2) is 34.5 Å². The van der Waals surface area contributed by atoms with Crippen molar-refractivity contribution < 1.29 is 14.3 Å². The summed E-state index contributed by atoms with van der Waals surface area (Å²) in [6.07, 6.45) is 4.83. The van der Waals surface area contributed by atoms with Crippen LogP contribution in [0.2, 0.25) is 0 Å². The van der Waals surface area contributed by atoms with Crippen molar-refractivity contribution in [2.24, 2.45) is 0 Å². The van der Waals surface area contributed by atoms with E-state index in [1.165, 1.54) is 16.4 Å². The summed E-state index contributed by atoms with van der Waals surface area (Å²) in [5, 5.41) is 2.81. The van der Waals surface area contributed by atoms with E-state index in [0.717, 1.165) is 32.1 Å². The number of carbonyl (C=O) groups excluding carboxylic acids is 2. The van der Waals surface area contributed by atoms with E-state index < -0.39 is 5.56 Å². The molecule has 0 atom stereocenters. The van der Waals surface area contributed by atoms with Gasteiger partial charge in [0, 0.05) is 24.7 Å². The second-order valence-corrected chi connectivity index (χ2v) is 8.28. The largest absolute Gasteiger partial charge is 0.497 e. The Labute approximate surface area is 192 Å². The number of fused-ring (bicyclic) bond motifs is 1. The maximum Gasteiger partial charge on any atom is 0.294 e. The molecule has 1 saturated carbocycles. The van der Waals surface area contributed by atoms with Crippen molar-refractivity contribution in [3.8, 4) is 5.75 Å². The van der Waals surface area contributed by atoms with E-state index in [9.17, 15) is 14.4 Å². The van der Waals surface area contributed by atoms with E-state index in [0.29, 0.717) is 22.5 Å².